The Kier molecular flexibility index (Phi) is 6.26. The van der Waals surface area contributed by atoms with Crippen LogP contribution in [0.5, 0.6) is 17.2 Å². The maximum absolute atomic E-state index is 12.2. The standard InChI is InChI=1S/C20H19IN2O6/c1-4-27-18-9-13(5-7-16(18)26)19-22-23(11(2)24)20(29-19)15-10-14(21)6-8-17(15)28-12(3)25/h5-10,20,26H,4H2,1-3H3/t20-/m0/s1. The van der Waals surface area contributed by atoms with Gasteiger partial charge in [-0.05, 0) is 65.9 Å². The van der Waals surface area contributed by atoms with E-state index >= 15 is 0 Å². The van der Waals surface area contributed by atoms with Crippen LogP contribution < -0.4 is 9.47 Å². The summed E-state index contributed by atoms with van der Waals surface area (Å²) < 4.78 is 17.5. The SMILES string of the molecule is CCOc1cc(C2=NN(C(C)=O)[C@H](c3cc(I)ccc3OC(C)=O)O2)ccc1O. The number of esters is 1. The number of rotatable bonds is 5. The molecule has 0 unspecified atom stereocenters. The summed E-state index contributed by atoms with van der Waals surface area (Å²) in [6, 6.07) is 9.85. The molecule has 0 spiro atoms. The minimum atomic E-state index is -0.907. The predicted molar refractivity (Wildman–Crippen MR) is 113 cm³/mol. The fraction of sp³-hybridized carbons (Fsp3) is 0.250. The number of phenolic OH excluding ortho intramolecular Hbond substituents is 1. The summed E-state index contributed by atoms with van der Waals surface area (Å²) in [6.45, 7) is 4.84. The summed E-state index contributed by atoms with van der Waals surface area (Å²) in [4.78, 5) is 23.7. The Morgan fingerprint density at radius 1 is 1.21 bits per heavy atom. The quantitative estimate of drug-likeness (QED) is 0.376. The minimum absolute atomic E-state index is 0.0103. The highest BCUT2D eigenvalue weighted by Crippen LogP contribution is 2.37. The van der Waals surface area contributed by atoms with E-state index in [0.717, 1.165) is 3.57 Å². The first kappa shape index (κ1) is 20.9. The summed E-state index contributed by atoms with van der Waals surface area (Å²) in [6.07, 6.45) is -0.907. The summed E-state index contributed by atoms with van der Waals surface area (Å²) in [5.41, 5.74) is 1.02. The number of hydrazone groups is 1. The summed E-state index contributed by atoms with van der Waals surface area (Å²) in [5, 5.41) is 15.4. The molecular formula is C20H19IN2O6. The Labute approximate surface area is 181 Å². The molecule has 8 nitrogen and oxygen atoms in total. The van der Waals surface area contributed by atoms with E-state index in [1.54, 1.807) is 37.3 Å². The molecule has 1 atom stereocenters. The van der Waals surface area contributed by atoms with Gasteiger partial charge in [0.15, 0.2) is 11.5 Å². The number of benzene rings is 2. The average Bonchev–Trinajstić information content (AvgIpc) is 3.10. The van der Waals surface area contributed by atoms with E-state index in [4.69, 9.17) is 14.2 Å². The molecular weight excluding hydrogens is 491 g/mol. The van der Waals surface area contributed by atoms with Crippen LogP contribution in [0.3, 0.4) is 0 Å². The van der Waals surface area contributed by atoms with E-state index in [-0.39, 0.29) is 29.1 Å². The number of aromatic hydroxyl groups is 1. The van der Waals surface area contributed by atoms with Crippen LogP contribution in [-0.4, -0.2) is 34.5 Å². The lowest BCUT2D eigenvalue weighted by Gasteiger charge is -2.21. The van der Waals surface area contributed by atoms with Gasteiger partial charge in [-0.3, -0.25) is 9.59 Å². The lowest BCUT2D eigenvalue weighted by Crippen LogP contribution is -2.26. The van der Waals surface area contributed by atoms with Gasteiger partial charge in [-0.25, -0.2) is 0 Å². The fourth-order valence-electron chi connectivity index (χ4n) is 2.76. The van der Waals surface area contributed by atoms with Crippen LogP contribution in [0, 0.1) is 3.57 Å². The van der Waals surface area contributed by atoms with Crippen molar-refractivity contribution in [3.8, 4) is 17.2 Å². The second kappa shape index (κ2) is 8.68. The second-order valence-electron chi connectivity index (χ2n) is 6.13. The smallest absolute Gasteiger partial charge is 0.308 e. The van der Waals surface area contributed by atoms with Gasteiger partial charge < -0.3 is 19.3 Å². The highest BCUT2D eigenvalue weighted by atomic mass is 127. The number of hydrogen-bond donors (Lipinski definition) is 1. The van der Waals surface area contributed by atoms with Gasteiger partial charge in [0, 0.05) is 23.0 Å². The van der Waals surface area contributed by atoms with E-state index < -0.39 is 12.2 Å². The van der Waals surface area contributed by atoms with Crippen LogP contribution >= 0.6 is 22.6 Å². The number of phenols is 1. The maximum atomic E-state index is 12.2. The van der Waals surface area contributed by atoms with Gasteiger partial charge >= 0.3 is 5.97 Å². The molecule has 1 heterocycles. The molecule has 0 radical (unpaired) electrons. The van der Waals surface area contributed by atoms with Gasteiger partial charge in [0.25, 0.3) is 0 Å². The van der Waals surface area contributed by atoms with Crippen LogP contribution in [0.2, 0.25) is 0 Å². The Morgan fingerprint density at radius 2 is 1.97 bits per heavy atom. The van der Waals surface area contributed by atoms with Crippen molar-refractivity contribution in [2.45, 2.75) is 27.0 Å². The lowest BCUT2D eigenvalue weighted by atomic mass is 10.1. The summed E-state index contributed by atoms with van der Waals surface area (Å²) in [5.74, 6) is -0.0969. The van der Waals surface area contributed by atoms with Crippen molar-refractivity contribution in [1.29, 1.82) is 0 Å². The van der Waals surface area contributed by atoms with Crippen LogP contribution in [-0.2, 0) is 14.3 Å². The molecule has 3 rings (SSSR count). The molecule has 1 aliphatic rings. The van der Waals surface area contributed by atoms with E-state index in [2.05, 4.69) is 27.7 Å². The number of ether oxygens (including phenoxy) is 3. The van der Waals surface area contributed by atoms with E-state index in [0.29, 0.717) is 17.7 Å². The normalized spacial score (nSPS) is 15.5. The molecule has 1 amide bonds. The third kappa shape index (κ3) is 4.61. The monoisotopic (exact) mass is 510 g/mol. The van der Waals surface area contributed by atoms with Crippen molar-refractivity contribution in [2.24, 2.45) is 5.10 Å². The number of amides is 1. The largest absolute Gasteiger partial charge is 0.504 e. The first-order valence-electron chi connectivity index (χ1n) is 8.79. The number of halogens is 1. The zero-order valence-corrected chi connectivity index (χ0v) is 18.2. The van der Waals surface area contributed by atoms with Crippen LogP contribution in [0.15, 0.2) is 41.5 Å². The van der Waals surface area contributed by atoms with Gasteiger partial charge in [-0.2, -0.15) is 5.01 Å². The highest BCUT2D eigenvalue weighted by Gasteiger charge is 2.35. The van der Waals surface area contributed by atoms with E-state index in [9.17, 15) is 14.7 Å². The van der Waals surface area contributed by atoms with Crippen molar-refractivity contribution < 1.29 is 28.9 Å². The first-order valence-corrected chi connectivity index (χ1v) is 9.87. The lowest BCUT2D eigenvalue weighted by molar-refractivity contribution is -0.135. The molecule has 0 bridgehead atoms. The maximum Gasteiger partial charge on any atom is 0.308 e. The Balaban J connectivity index is 2.00. The highest BCUT2D eigenvalue weighted by molar-refractivity contribution is 14.1. The topological polar surface area (TPSA) is 97.7 Å². The molecule has 9 heteroatoms. The fourth-order valence-corrected chi connectivity index (χ4v) is 3.28. The average molecular weight is 510 g/mol. The van der Waals surface area contributed by atoms with Crippen LogP contribution in [0.1, 0.15) is 38.1 Å². The molecule has 29 heavy (non-hydrogen) atoms. The zero-order valence-electron chi connectivity index (χ0n) is 16.0. The third-order valence-electron chi connectivity index (χ3n) is 3.96. The van der Waals surface area contributed by atoms with Crippen molar-refractivity contribution in [3.05, 3.63) is 51.1 Å². The molecule has 0 aliphatic carbocycles. The molecule has 0 aromatic heterocycles. The van der Waals surface area contributed by atoms with Gasteiger partial charge in [-0.1, -0.05) is 0 Å². The van der Waals surface area contributed by atoms with Gasteiger partial charge in [0.05, 0.1) is 12.2 Å². The second-order valence-corrected chi connectivity index (χ2v) is 7.38. The predicted octanol–water partition coefficient (Wildman–Crippen LogP) is 3.56. The number of carbonyl (C=O) groups excluding carboxylic acids is 2. The molecule has 0 fully saturated rings. The van der Waals surface area contributed by atoms with Gasteiger partial charge in [-0.15, -0.1) is 5.10 Å². The van der Waals surface area contributed by atoms with E-state index in [1.807, 2.05) is 0 Å². The third-order valence-corrected chi connectivity index (χ3v) is 4.64. The van der Waals surface area contributed by atoms with E-state index in [1.165, 1.54) is 24.9 Å². The van der Waals surface area contributed by atoms with Crippen molar-refractivity contribution in [1.82, 2.24) is 5.01 Å². The molecule has 152 valence electrons. The molecule has 2 aromatic rings. The van der Waals surface area contributed by atoms with Gasteiger partial charge in [0.1, 0.15) is 5.75 Å². The molecule has 2 aromatic carbocycles. The van der Waals surface area contributed by atoms with Crippen molar-refractivity contribution in [2.75, 3.05) is 6.61 Å². The van der Waals surface area contributed by atoms with Crippen LogP contribution in [0.4, 0.5) is 0 Å². The summed E-state index contributed by atoms with van der Waals surface area (Å²) in [7, 11) is 0. The molecule has 0 saturated carbocycles. The van der Waals surface area contributed by atoms with Crippen LogP contribution in [0.25, 0.3) is 0 Å². The molecule has 0 saturated heterocycles. The first-order chi connectivity index (χ1) is 13.8. The zero-order chi connectivity index (χ0) is 21.1. The summed E-state index contributed by atoms with van der Waals surface area (Å²) >= 11 is 2.12. The van der Waals surface area contributed by atoms with Gasteiger partial charge in [0.2, 0.25) is 18.0 Å². The number of carbonyl (C=O) groups is 2. The number of nitrogens with zero attached hydrogens (tertiary/aromatic N) is 2. The molecule has 1 N–H and O–H groups in total. The Hall–Kier alpha value is -2.82. The number of hydrogen-bond acceptors (Lipinski definition) is 7. The Morgan fingerprint density at radius 3 is 2.62 bits per heavy atom. The Bertz CT molecular complexity index is 991. The molecule has 1 aliphatic heterocycles. The minimum Gasteiger partial charge on any atom is -0.504 e. The van der Waals surface area contributed by atoms with Crippen molar-refractivity contribution >= 4 is 40.4 Å². The van der Waals surface area contributed by atoms with Crippen molar-refractivity contribution in [3.63, 3.8) is 0 Å².